The summed E-state index contributed by atoms with van der Waals surface area (Å²) in [6.45, 7) is 1.79. The van der Waals surface area contributed by atoms with Crippen LogP contribution in [0.15, 0.2) is 30.7 Å². The smallest absolute Gasteiger partial charge is 0.321 e. The minimum atomic E-state index is -0.113. The molecule has 2 heterocycles. The first-order valence-electron chi connectivity index (χ1n) is 8.00. The lowest BCUT2D eigenvalue weighted by molar-refractivity contribution is 0.249. The highest BCUT2D eigenvalue weighted by Gasteiger charge is 2.18. The summed E-state index contributed by atoms with van der Waals surface area (Å²) in [5.74, 6) is 0. The highest BCUT2D eigenvalue weighted by Crippen LogP contribution is 2.31. The van der Waals surface area contributed by atoms with E-state index >= 15 is 0 Å². The third-order valence-electron chi connectivity index (χ3n) is 4.35. The van der Waals surface area contributed by atoms with Crippen LogP contribution in [0.5, 0.6) is 0 Å². The van der Waals surface area contributed by atoms with Crippen molar-refractivity contribution < 1.29 is 4.79 Å². The number of H-pyrrole nitrogens is 1. The number of benzene rings is 1. The molecule has 0 fully saturated rings. The molecule has 6 heteroatoms. The van der Waals surface area contributed by atoms with Crippen molar-refractivity contribution in [2.24, 2.45) is 0 Å². The number of hydrogen-bond donors (Lipinski definition) is 2. The molecule has 0 radical (unpaired) electrons. The van der Waals surface area contributed by atoms with Gasteiger partial charge in [-0.25, -0.2) is 9.78 Å². The normalized spacial score (nSPS) is 14.1. The average Bonchev–Trinajstić information content (AvgIpc) is 3.01. The summed E-state index contributed by atoms with van der Waals surface area (Å²) < 4.78 is 0. The molecular weight excluding hydrogens is 290 g/mol. The predicted octanol–water partition coefficient (Wildman–Crippen LogP) is 2.53. The van der Waals surface area contributed by atoms with Crippen LogP contribution in [0.4, 0.5) is 16.2 Å². The van der Waals surface area contributed by atoms with Crippen molar-refractivity contribution in [3.63, 3.8) is 0 Å². The van der Waals surface area contributed by atoms with Gasteiger partial charge in [-0.2, -0.15) is 0 Å². The summed E-state index contributed by atoms with van der Waals surface area (Å²) in [5, 5.41) is 2.66. The zero-order valence-electron chi connectivity index (χ0n) is 13.7. The minimum absolute atomic E-state index is 0.113. The Morgan fingerprint density at radius 2 is 2.30 bits per heavy atom. The van der Waals surface area contributed by atoms with E-state index in [2.05, 4.69) is 32.3 Å². The number of carbonyl (C=O) groups excluding carboxylic acids is 1. The van der Waals surface area contributed by atoms with E-state index in [1.807, 2.05) is 12.3 Å². The van der Waals surface area contributed by atoms with Gasteiger partial charge in [-0.1, -0.05) is 6.07 Å². The summed E-state index contributed by atoms with van der Waals surface area (Å²) in [5.41, 5.74) is 4.48. The van der Waals surface area contributed by atoms with E-state index in [1.54, 1.807) is 25.3 Å². The number of aromatic nitrogens is 2. The first-order valence-corrected chi connectivity index (χ1v) is 8.00. The second-order valence-corrected chi connectivity index (χ2v) is 5.87. The SMILES string of the molecule is CNC(=O)N(C)c1ccc2c(c1)N(Cc1c[nH]cn1)CCCC2. The predicted molar refractivity (Wildman–Crippen MR) is 91.9 cm³/mol. The Bertz CT molecular complexity index is 668. The van der Waals surface area contributed by atoms with Crippen molar-refractivity contribution in [3.05, 3.63) is 42.0 Å². The van der Waals surface area contributed by atoms with Gasteiger partial charge in [0, 0.05) is 38.2 Å². The summed E-state index contributed by atoms with van der Waals surface area (Å²) in [6.07, 6.45) is 7.08. The monoisotopic (exact) mass is 313 g/mol. The number of rotatable bonds is 3. The number of hydrogen-bond acceptors (Lipinski definition) is 3. The maximum atomic E-state index is 11.9. The van der Waals surface area contributed by atoms with Gasteiger partial charge in [-0.3, -0.25) is 4.90 Å². The maximum Gasteiger partial charge on any atom is 0.321 e. The quantitative estimate of drug-likeness (QED) is 0.915. The van der Waals surface area contributed by atoms with Crippen LogP contribution >= 0.6 is 0 Å². The van der Waals surface area contributed by atoms with E-state index in [9.17, 15) is 4.79 Å². The largest absolute Gasteiger partial charge is 0.365 e. The van der Waals surface area contributed by atoms with Crippen LogP contribution in [0.2, 0.25) is 0 Å². The summed E-state index contributed by atoms with van der Waals surface area (Å²) >= 11 is 0. The van der Waals surface area contributed by atoms with Crippen LogP contribution < -0.4 is 15.1 Å². The molecule has 23 heavy (non-hydrogen) atoms. The molecule has 0 unspecified atom stereocenters. The molecule has 0 saturated heterocycles. The Kier molecular flexibility index (Phi) is 4.50. The lowest BCUT2D eigenvalue weighted by atomic mass is 10.1. The van der Waals surface area contributed by atoms with E-state index in [4.69, 9.17) is 0 Å². The van der Waals surface area contributed by atoms with Gasteiger partial charge in [0.25, 0.3) is 0 Å². The first kappa shape index (κ1) is 15.4. The van der Waals surface area contributed by atoms with E-state index in [0.717, 1.165) is 30.9 Å². The number of urea groups is 1. The van der Waals surface area contributed by atoms with Crippen molar-refractivity contribution >= 4 is 17.4 Å². The molecule has 6 nitrogen and oxygen atoms in total. The minimum Gasteiger partial charge on any atom is -0.365 e. The zero-order chi connectivity index (χ0) is 16.2. The van der Waals surface area contributed by atoms with Crippen molar-refractivity contribution in [2.75, 3.05) is 30.4 Å². The standard InChI is InChI=1S/C17H23N5O/c1-18-17(23)21(2)15-7-6-13-5-3-4-8-22(16(13)9-15)11-14-10-19-12-20-14/h6-7,9-10,12H,3-5,8,11H2,1-2H3,(H,18,23)(H,19,20). The fourth-order valence-electron chi connectivity index (χ4n) is 3.03. The van der Waals surface area contributed by atoms with Gasteiger partial charge in [0.1, 0.15) is 0 Å². The Balaban J connectivity index is 1.92. The molecule has 2 amide bonds. The van der Waals surface area contributed by atoms with Crippen LogP contribution in [0, 0.1) is 0 Å². The summed E-state index contributed by atoms with van der Waals surface area (Å²) in [7, 11) is 3.43. The van der Waals surface area contributed by atoms with Crippen LogP contribution in [0.1, 0.15) is 24.1 Å². The van der Waals surface area contributed by atoms with Crippen LogP contribution in [0.25, 0.3) is 0 Å². The van der Waals surface area contributed by atoms with Gasteiger partial charge in [0.15, 0.2) is 0 Å². The number of carbonyl (C=O) groups is 1. The molecule has 1 aromatic heterocycles. The highest BCUT2D eigenvalue weighted by molar-refractivity contribution is 5.92. The van der Waals surface area contributed by atoms with E-state index in [1.165, 1.54) is 24.1 Å². The zero-order valence-corrected chi connectivity index (χ0v) is 13.7. The van der Waals surface area contributed by atoms with Gasteiger partial charge < -0.3 is 15.2 Å². The number of nitrogens with one attached hydrogen (secondary N) is 2. The molecule has 0 aliphatic carbocycles. The topological polar surface area (TPSA) is 64.3 Å². The van der Waals surface area contributed by atoms with Crippen molar-refractivity contribution in [1.82, 2.24) is 15.3 Å². The summed E-state index contributed by atoms with van der Waals surface area (Å²) in [4.78, 5) is 23.2. The van der Waals surface area contributed by atoms with E-state index in [0.29, 0.717) is 0 Å². The van der Waals surface area contributed by atoms with Gasteiger partial charge in [-0.05, 0) is 37.0 Å². The molecule has 0 spiro atoms. The highest BCUT2D eigenvalue weighted by atomic mass is 16.2. The van der Waals surface area contributed by atoms with Crippen molar-refractivity contribution in [3.8, 4) is 0 Å². The molecule has 1 aromatic carbocycles. The Morgan fingerprint density at radius 3 is 3.04 bits per heavy atom. The fourth-order valence-corrected chi connectivity index (χ4v) is 3.03. The first-order chi connectivity index (χ1) is 11.2. The molecule has 0 saturated carbocycles. The molecule has 1 aliphatic heterocycles. The number of amides is 2. The van der Waals surface area contributed by atoms with Crippen molar-refractivity contribution in [1.29, 1.82) is 0 Å². The number of nitrogens with zero attached hydrogens (tertiary/aromatic N) is 3. The molecule has 0 atom stereocenters. The Labute approximate surface area is 136 Å². The summed E-state index contributed by atoms with van der Waals surface area (Å²) in [6, 6.07) is 6.17. The Morgan fingerprint density at radius 1 is 1.43 bits per heavy atom. The molecule has 0 bridgehead atoms. The second kappa shape index (κ2) is 6.73. The van der Waals surface area contributed by atoms with Gasteiger partial charge >= 0.3 is 6.03 Å². The van der Waals surface area contributed by atoms with E-state index in [-0.39, 0.29) is 6.03 Å². The third-order valence-corrected chi connectivity index (χ3v) is 4.35. The third kappa shape index (κ3) is 3.31. The van der Waals surface area contributed by atoms with Crippen LogP contribution in [-0.4, -0.2) is 36.6 Å². The number of anilines is 2. The number of aryl methyl sites for hydroxylation is 1. The number of fused-ring (bicyclic) bond motifs is 1. The number of imidazole rings is 1. The molecule has 2 N–H and O–H groups in total. The van der Waals surface area contributed by atoms with Gasteiger partial charge in [0.05, 0.1) is 18.6 Å². The lowest BCUT2D eigenvalue weighted by Crippen LogP contribution is -2.35. The van der Waals surface area contributed by atoms with Crippen molar-refractivity contribution in [2.45, 2.75) is 25.8 Å². The molecule has 3 rings (SSSR count). The fraction of sp³-hybridized carbons (Fsp3) is 0.412. The average molecular weight is 313 g/mol. The molecule has 1 aliphatic rings. The second-order valence-electron chi connectivity index (χ2n) is 5.87. The maximum absolute atomic E-state index is 11.9. The molecular formula is C17H23N5O. The molecule has 2 aromatic rings. The number of aromatic amines is 1. The molecule has 122 valence electrons. The van der Waals surface area contributed by atoms with Gasteiger partial charge in [0.2, 0.25) is 0 Å². The van der Waals surface area contributed by atoms with Crippen LogP contribution in [0.3, 0.4) is 0 Å². The Hall–Kier alpha value is -2.50. The lowest BCUT2D eigenvalue weighted by Gasteiger charge is -2.26. The van der Waals surface area contributed by atoms with Gasteiger partial charge in [-0.15, -0.1) is 0 Å². The van der Waals surface area contributed by atoms with E-state index < -0.39 is 0 Å². The van der Waals surface area contributed by atoms with Crippen LogP contribution in [-0.2, 0) is 13.0 Å².